The fraction of sp³-hybridized carbons (Fsp3) is 0.167. The molecule has 0 spiro atoms. The molecule has 2 rings (SSSR count). The average Bonchev–Trinajstić information content (AvgIpc) is 2.61. The lowest BCUT2D eigenvalue weighted by Gasteiger charge is -2.02. The van der Waals surface area contributed by atoms with Gasteiger partial charge in [-0.25, -0.2) is 4.98 Å². The van der Waals surface area contributed by atoms with E-state index in [0.29, 0.717) is 21.6 Å². The monoisotopic (exact) mass is 268 g/mol. The molecule has 0 saturated carbocycles. The van der Waals surface area contributed by atoms with E-state index in [0.717, 1.165) is 11.3 Å². The van der Waals surface area contributed by atoms with Crippen LogP contribution in [0.4, 0.5) is 0 Å². The normalized spacial score (nSPS) is 10.6. The molecule has 2 aromatic rings. The third-order valence-corrected chi connectivity index (χ3v) is 2.95. The Morgan fingerprint density at radius 2 is 2.06 bits per heavy atom. The zero-order chi connectivity index (χ0) is 12.6. The van der Waals surface area contributed by atoms with Gasteiger partial charge in [-0.2, -0.15) is 0 Å². The van der Waals surface area contributed by atoms with Crippen molar-refractivity contribution < 1.29 is 4.79 Å². The van der Waals surface area contributed by atoms with Gasteiger partial charge < -0.3 is 4.98 Å². The van der Waals surface area contributed by atoms with E-state index in [-0.39, 0.29) is 5.78 Å². The molecule has 0 saturated heterocycles. The van der Waals surface area contributed by atoms with Crippen LogP contribution < -0.4 is 0 Å². The molecular formula is C12H10Cl2N2O. The smallest absolute Gasteiger partial charge is 0.195 e. The summed E-state index contributed by atoms with van der Waals surface area (Å²) >= 11 is 11.9. The predicted molar refractivity (Wildman–Crippen MR) is 68.8 cm³/mol. The van der Waals surface area contributed by atoms with Gasteiger partial charge in [-0.15, -0.1) is 0 Å². The lowest BCUT2D eigenvalue weighted by Crippen LogP contribution is -1.94. The molecule has 3 nitrogen and oxygen atoms in total. The number of hydrogen-bond donors (Lipinski definition) is 1. The number of carbonyl (C=O) groups excluding carboxylic acids is 1. The van der Waals surface area contributed by atoms with Gasteiger partial charge in [0.25, 0.3) is 0 Å². The first-order valence-corrected chi connectivity index (χ1v) is 5.77. The van der Waals surface area contributed by atoms with Crippen molar-refractivity contribution in [2.45, 2.75) is 13.8 Å². The fourth-order valence-corrected chi connectivity index (χ4v) is 2.07. The van der Waals surface area contributed by atoms with Gasteiger partial charge in [-0.05, 0) is 25.1 Å². The Morgan fingerprint density at radius 1 is 1.35 bits per heavy atom. The maximum absolute atomic E-state index is 11.2. The highest BCUT2D eigenvalue weighted by Gasteiger charge is 2.14. The standard InChI is InChI=1S/C12H10Cl2N2O/c1-6-11(16-12(15-6)7(2)17)9-4-3-8(13)5-10(9)14/h3-5H,1-2H3,(H,15,16). The summed E-state index contributed by atoms with van der Waals surface area (Å²) in [6.07, 6.45) is 0. The van der Waals surface area contributed by atoms with Crippen molar-refractivity contribution in [1.82, 2.24) is 9.97 Å². The topological polar surface area (TPSA) is 45.8 Å². The molecule has 0 amide bonds. The van der Waals surface area contributed by atoms with Crippen molar-refractivity contribution >= 4 is 29.0 Å². The van der Waals surface area contributed by atoms with Crippen LogP contribution in [0.25, 0.3) is 11.3 Å². The molecule has 0 radical (unpaired) electrons. The number of ketones is 1. The van der Waals surface area contributed by atoms with Gasteiger partial charge in [-0.3, -0.25) is 4.79 Å². The van der Waals surface area contributed by atoms with E-state index < -0.39 is 0 Å². The lowest BCUT2D eigenvalue weighted by atomic mass is 10.1. The molecule has 0 fully saturated rings. The summed E-state index contributed by atoms with van der Waals surface area (Å²) < 4.78 is 0. The Bertz CT molecular complexity index is 590. The van der Waals surface area contributed by atoms with Gasteiger partial charge in [0.15, 0.2) is 11.6 Å². The van der Waals surface area contributed by atoms with E-state index >= 15 is 0 Å². The quantitative estimate of drug-likeness (QED) is 0.840. The van der Waals surface area contributed by atoms with Crippen molar-refractivity contribution in [2.75, 3.05) is 0 Å². The third-order valence-electron chi connectivity index (χ3n) is 2.40. The Balaban J connectivity index is 2.56. The van der Waals surface area contributed by atoms with Crippen molar-refractivity contribution in [1.29, 1.82) is 0 Å². The molecule has 1 heterocycles. The van der Waals surface area contributed by atoms with E-state index in [1.165, 1.54) is 6.92 Å². The highest BCUT2D eigenvalue weighted by Crippen LogP contribution is 2.31. The van der Waals surface area contributed by atoms with Crippen LogP contribution in [-0.4, -0.2) is 15.8 Å². The molecule has 0 unspecified atom stereocenters. The van der Waals surface area contributed by atoms with Crippen molar-refractivity contribution in [2.24, 2.45) is 0 Å². The van der Waals surface area contributed by atoms with Gasteiger partial charge in [0.1, 0.15) is 0 Å². The number of halogens is 2. The number of aromatic amines is 1. The maximum Gasteiger partial charge on any atom is 0.195 e. The summed E-state index contributed by atoms with van der Waals surface area (Å²) in [6.45, 7) is 3.31. The Kier molecular flexibility index (Phi) is 3.22. The number of rotatable bonds is 2. The number of aromatic nitrogens is 2. The van der Waals surface area contributed by atoms with Gasteiger partial charge in [0.05, 0.1) is 10.7 Å². The minimum atomic E-state index is -0.107. The summed E-state index contributed by atoms with van der Waals surface area (Å²) in [7, 11) is 0. The molecule has 5 heteroatoms. The van der Waals surface area contributed by atoms with Gasteiger partial charge >= 0.3 is 0 Å². The highest BCUT2D eigenvalue weighted by molar-refractivity contribution is 6.36. The Morgan fingerprint density at radius 3 is 2.59 bits per heavy atom. The zero-order valence-electron chi connectivity index (χ0n) is 9.34. The van der Waals surface area contributed by atoms with Crippen LogP contribution in [-0.2, 0) is 0 Å². The summed E-state index contributed by atoms with van der Waals surface area (Å²) in [4.78, 5) is 18.4. The predicted octanol–water partition coefficient (Wildman–Crippen LogP) is 3.89. The number of carbonyl (C=O) groups is 1. The van der Waals surface area contributed by atoms with Gasteiger partial charge in [0.2, 0.25) is 0 Å². The third kappa shape index (κ3) is 2.35. The number of hydrogen-bond acceptors (Lipinski definition) is 2. The largest absolute Gasteiger partial charge is 0.339 e. The zero-order valence-corrected chi connectivity index (χ0v) is 10.9. The SMILES string of the molecule is CC(=O)c1nc(-c2ccc(Cl)cc2Cl)c(C)[nH]1. The molecule has 17 heavy (non-hydrogen) atoms. The van der Waals surface area contributed by atoms with Crippen LogP contribution in [0.3, 0.4) is 0 Å². The van der Waals surface area contributed by atoms with E-state index in [1.54, 1.807) is 18.2 Å². The number of aryl methyl sites for hydroxylation is 1. The van der Waals surface area contributed by atoms with Gasteiger partial charge in [-0.1, -0.05) is 23.2 Å². The maximum atomic E-state index is 11.2. The van der Waals surface area contributed by atoms with Crippen LogP contribution in [0, 0.1) is 6.92 Å². The molecule has 1 aromatic carbocycles. The minimum absolute atomic E-state index is 0.107. The van der Waals surface area contributed by atoms with Crippen LogP contribution in [0.5, 0.6) is 0 Å². The Labute approximate surface area is 109 Å². The van der Waals surface area contributed by atoms with Crippen molar-refractivity contribution in [3.05, 3.63) is 39.8 Å². The molecule has 1 N–H and O–H groups in total. The van der Waals surface area contributed by atoms with Crippen LogP contribution in [0.15, 0.2) is 18.2 Å². The first-order valence-electron chi connectivity index (χ1n) is 5.02. The van der Waals surface area contributed by atoms with Crippen LogP contribution >= 0.6 is 23.2 Å². The molecule has 88 valence electrons. The summed E-state index contributed by atoms with van der Waals surface area (Å²) in [5, 5.41) is 1.08. The van der Waals surface area contributed by atoms with Crippen LogP contribution in [0.1, 0.15) is 23.2 Å². The molecular weight excluding hydrogens is 259 g/mol. The second kappa shape index (κ2) is 4.51. The number of benzene rings is 1. The Hall–Kier alpha value is -1.32. The van der Waals surface area contributed by atoms with E-state index in [1.807, 2.05) is 6.92 Å². The number of Topliss-reactive ketones (excluding diaryl/α,β-unsaturated/α-hetero) is 1. The van der Waals surface area contributed by atoms with Gasteiger partial charge in [0, 0.05) is 23.2 Å². The number of nitrogens with one attached hydrogen (secondary N) is 1. The molecule has 0 aliphatic rings. The second-order valence-electron chi connectivity index (χ2n) is 3.74. The van der Waals surface area contributed by atoms with E-state index in [2.05, 4.69) is 9.97 Å². The highest BCUT2D eigenvalue weighted by atomic mass is 35.5. The first-order chi connectivity index (χ1) is 7.99. The molecule has 0 atom stereocenters. The number of H-pyrrole nitrogens is 1. The lowest BCUT2D eigenvalue weighted by molar-refractivity contribution is 0.100. The minimum Gasteiger partial charge on any atom is -0.339 e. The summed E-state index contributed by atoms with van der Waals surface area (Å²) in [5.41, 5.74) is 2.24. The molecule has 0 bridgehead atoms. The first kappa shape index (κ1) is 12.1. The van der Waals surface area contributed by atoms with Crippen molar-refractivity contribution in [3.63, 3.8) is 0 Å². The summed E-state index contributed by atoms with van der Waals surface area (Å²) in [6, 6.07) is 5.18. The molecule has 0 aliphatic carbocycles. The summed E-state index contributed by atoms with van der Waals surface area (Å²) in [5.74, 6) is 0.230. The average molecular weight is 269 g/mol. The number of nitrogens with zero attached hydrogens (tertiary/aromatic N) is 1. The second-order valence-corrected chi connectivity index (χ2v) is 4.58. The van der Waals surface area contributed by atoms with Crippen LogP contribution in [0.2, 0.25) is 10.0 Å². The molecule has 1 aromatic heterocycles. The van der Waals surface area contributed by atoms with E-state index in [4.69, 9.17) is 23.2 Å². The van der Waals surface area contributed by atoms with Crippen molar-refractivity contribution in [3.8, 4) is 11.3 Å². The number of imidazole rings is 1. The molecule has 0 aliphatic heterocycles. The fourth-order valence-electron chi connectivity index (χ4n) is 1.57. The van der Waals surface area contributed by atoms with E-state index in [9.17, 15) is 4.79 Å².